The standard InChI is InChI=1S/C12H19N3O3/c1-7(2)12(18)15-8(10(16)13-3)5-6-9(15)11(17)14-4/h8-9H,1,5-6H2,2-4H3,(H,13,16)(H,14,17)/t8-,9-/m0/s1. The molecule has 0 aromatic carbocycles. The maximum Gasteiger partial charge on any atom is 0.250 e. The number of hydrogen-bond donors (Lipinski definition) is 2. The molecule has 0 unspecified atom stereocenters. The summed E-state index contributed by atoms with van der Waals surface area (Å²) in [5.41, 5.74) is 0.319. The maximum absolute atomic E-state index is 12.1. The zero-order valence-electron chi connectivity index (χ0n) is 10.9. The van der Waals surface area contributed by atoms with Crippen LogP contribution < -0.4 is 10.6 Å². The van der Waals surface area contributed by atoms with Gasteiger partial charge in [-0.2, -0.15) is 0 Å². The third kappa shape index (κ3) is 2.52. The molecule has 0 aliphatic carbocycles. The van der Waals surface area contributed by atoms with Crippen molar-refractivity contribution in [3.05, 3.63) is 12.2 Å². The predicted octanol–water partition coefficient (Wildman–Crippen LogP) is -0.586. The summed E-state index contributed by atoms with van der Waals surface area (Å²) < 4.78 is 0. The number of amides is 3. The van der Waals surface area contributed by atoms with E-state index in [-0.39, 0.29) is 17.7 Å². The molecule has 2 N–H and O–H groups in total. The Balaban J connectivity index is 3.03. The van der Waals surface area contributed by atoms with E-state index in [4.69, 9.17) is 0 Å². The lowest BCUT2D eigenvalue weighted by atomic mass is 10.2. The van der Waals surface area contributed by atoms with Crippen LogP contribution in [0.2, 0.25) is 0 Å². The third-order valence-corrected chi connectivity index (χ3v) is 3.08. The number of nitrogens with zero attached hydrogens (tertiary/aromatic N) is 1. The molecule has 0 aromatic rings. The Bertz CT molecular complexity index is 368. The second kappa shape index (κ2) is 5.66. The van der Waals surface area contributed by atoms with Crippen LogP contribution in [-0.2, 0) is 14.4 Å². The van der Waals surface area contributed by atoms with Gasteiger partial charge in [-0.15, -0.1) is 0 Å². The van der Waals surface area contributed by atoms with Gasteiger partial charge in [0.25, 0.3) is 0 Å². The van der Waals surface area contributed by atoms with E-state index >= 15 is 0 Å². The second-order valence-electron chi connectivity index (χ2n) is 4.33. The van der Waals surface area contributed by atoms with Crippen LogP contribution in [0.15, 0.2) is 12.2 Å². The molecule has 1 heterocycles. The van der Waals surface area contributed by atoms with Crippen molar-refractivity contribution >= 4 is 17.7 Å². The molecule has 1 rings (SSSR count). The minimum Gasteiger partial charge on any atom is -0.357 e. The van der Waals surface area contributed by atoms with E-state index in [2.05, 4.69) is 17.2 Å². The molecule has 6 heteroatoms. The van der Waals surface area contributed by atoms with Gasteiger partial charge in [0.2, 0.25) is 17.7 Å². The quantitative estimate of drug-likeness (QED) is 0.660. The fraction of sp³-hybridized carbons (Fsp3) is 0.583. The monoisotopic (exact) mass is 253 g/mol. The average Bonchev–Trinajstić information content (AvgIpc) is 2.80. The lowest BCUT2D eigenvalue weighted by Gasteiger charge is -2.28. The molecule has 0 radical (unpaired) electrons. The highest BCUT2D eigenvalue weighted by atomic mass is 16.2. The molecule has 1 fully saturated rings. The molecule has 0 bridgehead atoms. The normalized spacial score (nSPS) is 22.5. The lowest BCUT2D eigenvalue weighted by molar-refractivity contribution is -0.141. The summed E-state index contributed by atoms with van der Waals surface area (Å²) in [6.07, 6.45) is 0.966. The zero-order valence-corrected chi connectivity index (χ0v) is 10.9. The average molecular weight is 253 g/mol. The molecule has 1 saturated heterocycles. The Hall–Kier alpha value is -1.85. The number of rotatable bonds is 3. The van der Waals surface area contributed by atoms with E-state index < -0.39 is 12.1 Å². The molecular formula is C12H19N3O3. The van der Waals surface area contributed by atoms with Crippen molar-refractivity contribution < 1.29 is 14.4 Å². The van der Waals surface area contributed by atoms with Gasteiger partial charge in [-0.1, -0.05) is 6.58 Å². The van der Waals surface area contributed by atoms with Gasteiger partial charge in [-0.05, 0) is 19.8 Å². The van der Waals surface area contributed by atoms with Crippen molar-refractivity contribution in [2.75, 3.05) is 14.1 Å². The summed E-state index contributed by atoms with van der Waals surface area (Å²) in [4.78, 5) is 36.9. The van der Waals surface area contributed by atoms with Gasteiger partial charge >= 0.3 is 0 Å². The van der Waals surface area contributed by atoms with Crippen molar-refractivity contribution in [3.63, 3.8) is 0 Å². The van der Waals surface area contributed by atoms with Gasteiger partial charge in [0.1, 0.15) is 12.1 Å². The van der Waals surface area contributed by atoms with E-state index in [0.717, 1.165) is 0 Å². The van der Waals surface area contributed by atoms with Crippen LogP contribution in [0.1, 0.15) is 19.8 Å². The van der Waals surface area contributed by atoms with E-state index in [1.54, 1.807) is 6.92 Å². The zero-order chi connectivity index (χ0) is 13.9. The molecule has 0 spiro atoms. The van der Waals surface area contributed by atoms with Crippen molar-refractivity contribution in [1.29, 1.82) is 0 Å². The first-order chi connectivity index (χ1) is 8.43. The molecule has 1 aliphatic heterocycles. The van der Waals surface area contributed by atoms with Crippen LogP contribution in [0.4, 0.5) is 0 Å². The number of carbonyl (C=O) groups excluding carboxylic acids is 3. The summed E-state index contributed by atoms with van der Waals surface area (Å²) in [7, 11) is 3.03. The highest BCUT2D eigenvalue weighted by Crippen LogP contribution is 2.26. The van der Waals surface area contributed by atoms with Crippen LogP contribution in [0.25, 0.3) is 0 Å². The minimum absolute atomic E-state index is 0.254. The summed E-state index contributed by atoms with van der Waals surface area (Å²) >= 11 is 0. The van der Waals surface area contributed by atoms with E-state index in [9.17, 15) is 14.4 Å². The molecule has 2 atom stereocenters. The number of likely N-dealkylation sites (N-methyl/N-ethyl adjacent to an activating group) is 2. The summed E-state index contributed by atoms with van der Waals surface area (Å²) in [5.74, 6) is -0.860. The molecule has 1 aliphatic rings. The van der Waals surface area contributed by atoms with Crippen molar-refractivity contribution in [2.45, 2.75) is 31.8 Å². The van der Waals surface area contributed by atoms with Crippen LogP contribution in [-0.4, -0.2) is 48.8 Å². The first kappa shape index (κ1) is 14.2. The van der Waals surface area contributed by atoms with Gasteiger partial charge in [0.15, 0.2) is 0 Å². The van der Waals surface area contributed by atoms with E-state index in [1.807, 2.05) is 0 Å². The summed E-state index contributed by atoms with van der Waals surface area (Å²) in [5, 5.41) is 5.03. The molecule has 0 saturated carbocycles. The summed E-state index contributed by atoms with van der Waals surface area (Å²) in [6, 6.07) is -1.19. The molecule has 6 nitrogen and oxygen atoms in total. The number of nitrogens with one attached hydrogen (secondary N) is 2. The highest BCUT2D eigenvalue weighted by molar-refractivity contribution is 6.00. The Morgan fingerprint density at radius 2 is 1.44 bits per heavy atom. The van der Waals surface area contributed by atoms with E-state index in [0.29, 0.717) is 18.4 Å². The fourth-order valence-corrected chi connectivity index (χ4v) is 2.16. The lowest BCUT2D eigenvalue weighted by Crippen LogP contribution is -2.52. The summed E-state index contributed by atoms with van der Waals surface area (Å²) in [6.45, 7) is 5.16. The molecule has 18 heavy (non-hydrogen) atoms. The van der Waals surface area contributed by atoms with Gasteiger partial charge < -0.3 is 15.5 Å². The molecule has 3 amide bonds. The molecule has 100 valence electrons. The van der Waals surface area contributed by atoms with Crippen molar-refractivity contribution in [1.82, 2.24) is 15.5 Å². The Morgan fingerprint density at radius 1 is 1.06 bits per heavy atom. The number of carbonyl (C=O) groups is 3. The van der Waals surface area contributed by atoms with Crippen LogP contribution in [0.5, 0.6) is 0 Å². The van der Waals surface area contributed by atoms with Gasteiger partial charge in [0, 0.05) is 19.7 Å². The predicted molar refractivity (Wildman–Crippen MR) is 66.6 cm³/mol. The maximum atomic E-state index is 12.1. The SMILES string of the molecule is C=C(C)C(=O)N1[C@H](C(=O)NC)CC[C@H]1C(=O)NC. The minimum atomic E-state index is -0.596. The first-order valence-electron chi connectivity index (χ1n) is 5.85. The topological polar surface area (TPSA) is 78.5 Å². The largest absolute Gasteiger partial charge is 0.357 e. The van der Waals surface area contributed by atoms with Crippen LogP contribution >= 0.6 is 0 Å². The smallest absolute Gasteiger partial charge is 0.250 e. The van der Waals surface area contributed by atoms with Crippen molar-refractivity contribution in [3.8, 4) is 0 Å². The Morgan fingerprint density at radius 3 is 1.72 bits per heavy atom. The van der Waals surface area contributed by atoms with Gasteiger partial charge in [0.05, 0.1) is 0 Å². The molecular weight excluding hydrogens is 234 g/mol. The van der Waals surface area contributed by atoms with E-state index in [1.165, 1.54) is 19.0 Å². The first-order valence-corrected chi connectivity index (χ1v) is 5.85. The fourth-order valence-electron chi connectivity index (χ4n) is 2.16. The van der Waals surface area contributed by atoms with Crippen LogP contribution in [0, 0.1) is 0 Å². The van der Waals surface area contributed by atoms with Gasteiger partial charge in [-0.3, -0.25) is 14.4 Å². The molecule has 0 aromatic heterocycles. The number of hydrogen-bond acceptors (Lipinski definition) is 3. The Kier molecular flexibility index (Phi) is 4.47. The van der Waals surface area contributed by atoms with Gasteiger partial charge in [-0.25, -0.2) is 0 Å². The Labute approximate surface area is 106 Å². The van der Waals surface area contributed by atoms with Crippen LogP contribution in [0.3, 0.4) is 0 Å². The second-order valence-corrected chi connectivity index (χ2v) is 4.33. The number of likely N-dealkylation sites (tertiary alicyclic amines) is 1. The highest BCUT2D eigenvalue weighted by Gasteiger charge is 2.43. The third-order valence-electron chi connectivity index (χ3n) is 3.08. The van der Waals surface area contributed by atoms with Crippen molar-refractivity contribution in [2.24, 2.45) is 0 Å².